The predicted octanol–water partition coefficient (Wildman–Crippen LogP) is 4.69. The van der Waals surface area contributed by atoms with Gasteiger partial charge in [0.15, 0.2) is 5.58 Å². The first-order chi connectivity index (χ1) is 19.6. The van der Waals surface area contributed by atoms with Crippen LogP contribution in [0.5, 0.6) is 0 Å². The molecule has 0 spiro atoms. The normalized spacial score (nSPS) is 23.0. The van der Waals surface area contributed by atoms with Crippen molar-refractivity contribution in [1.82, 2.24) is 30.3 Å². The Kier molecular flexibility index (Phi) is 8.20. The first-order valence-corrected chi connectivity index (χ1v) is 13.6. The fourth-order valence-electron chi connectivity index (χ4n) is 5.62. The molecule has 5 rings (SSSR count). The van der Waals surface area contributed by atoms with Crippen molar-refractivity contribution in [2.75, 3.05) is 20.3 Å². The van der Waals surface area contributed by atoms with Gasteiger partial charge in [-0.15, -0.1) is 0 Å². The summed E-state index contributed by atoms with van der Waals surface area (Å²) in [6.07, 6.45) is -2.15. The van der Waals surface area contributed by atoms with Crippen LogP contribution in [0.3, 0.4) is 0 Å². The Hall–Kier alpha value is -3.68. The molecular weight excluding hydrogens is 548 g/mol. The number of nitrogens with zero attached hydrogens (tertiary/aromatic N) is 4. The van der Waals surface area contributed by atoms with Crippen LogP contribution >= 0.6 is 0 Å². The number of rotatable bonds is 9. The Balaban J connectivity index is 1.45. The molecule has 10 nitrogen and oxygen atoms in total. The number of methoxy groups -OCH3 is 1. The van der Waals surface area contributed by atoms with Gasteiger partial charge >= 0.3 is 12.2 Å². The van der Waals surface area contributed by atoms with E-state index in [1.807, 2.05) is 12.2 Å². The molecule has 0 radical (unpaired) electrons. The number of benzene rings is 1. The standard InChI is InChI=1S/C27H32F4N6O4/c1-3-37-19(10-11-32-37)24(38)35-23(15-4-7-17(28)8-5-15)25-33-18-12-16(6-9-21(18)41-25)20(14-40-2)36-13-22(27(29,30)31)34-26(36)39/h6,9-12,15,17,20,22-23H,3-5,7-8,13-14H2,1-2H3,(H,34,39)(H,35,38)/t15?,17?,20-,22+,23+/m1/s1. The molecule has 3 amide bonds. The van der Waals surface area contributed by atoms with E-state index in [1.165, 1.54) is 13.3 Å². The summed E-state index contributed by atoms with van der Waals surface area (Å²) in [7, 11) is 1.40. The molecule has 1 aliphatic carbocycles. The molecule has 1 aliphatic heterocycles. The highest BCUT2D eigenvalue weighted by Gasteiger charge is 2.48. The van der Waals surface area contributed by atoms with E-state index < -0.39 is 43.0 Å². The van der Waals surface area contributed by atoms with E-state index >= 15 is 0 Å². The minimum absolute atomic E-state index is 0.0372. The van der Waals surface area contributed by atoms with E-state index in [0.29, 0.717) is 54.6 Å². The Morgan fingerprint density at radius 1 is 1.24 bits per heavy atom. The summed E-state index contributed by atoms with van der Waals surface area (Å²) < 4.78 is 66.7. The molecule has 1 saturated carbocycles. The second kappa shape index (κ2) is 11.7. The second-order valence-electron chi connectivity index (χ2n) is 10.4. The van der Waals surface area contributed by atoms with E-state index in [1.54, 1.807) is 28.9 Å². The summed E-state index contributed by atoms with van der Waals surface area (Å²) in [5.74, 6) is -0.237. The SMILES string of the molecule is CCn1nccc1C(=O)N[C@H](c1nc2cc([C@@H](COC)N3C[C@@H](C(F)(F)F)NC3=O)ccc2o1)C1CCC(F)CC1. The number of oxazole rings is 1. The molecule has 1 aromatic carbocycles. The Bertz CT molecular complexity index is 1380. The van der Waals surface area contributed by atoms with Gasteiger partial charge in [0.05, 0.1) is 19.2 Å². The van der Waals surface area contributed by atoms with Crippen molar-refractivity contribution in [2.45, 2.75) is 69.6 Å². The van der Waals surface area contributed by atoms with E-state index in [0.717, 1.165) is 4.90 Å². The van der Waals surface area contributed by atoms with Gasteiger partial charge in [-0.3, -0.25) is 9.48 Å². The average Bonchev–Trinajstić information content (AvgIpc) is 3.68. The second-order valence-corrected chi connectivity index (χ2v) is 10.4. The lowest BCUT2D eigenvalue weighted by Gasteiger charge is -2.30. The van der Waals surface area contributed by atoms with Crippen LogP contribution in [0.1, 0.15) is 66.6 Å². The van der Waals surface area contributed by atoms with Crippen LogP contribution in [0.4, 0.5) is 22.4 Å². The zero-order chi connectivity index (χ0) is 29.3. The van der Waals surface area contributed by atoms with Gasteiger partial charge < -0.3 is 24.7 Å². The van der Waals surface area contributed by atoms with Crippen LogP contribution in [0.25, 0.3) is 11.1 Å². The minimum atomic E-state index is -4.58. The van der Waals surface area contributed by atoms with E-state index in [2.05, 4.69) is 15.4 Å². The molecule has 0 bridgehead atoms. The average molecular weight is 581 g/mol. The van der Waals surface area contributed by atoms with Crippen molar-refractivity contribution >= 4 is 23.0 Å². The van der Waals surface area contributed by atoms with Gasteiger partial charge in [0.2, 0.25) is 5.89 Å². The van der Waals surface area contributed by atoms with Gasteiger partial charge in [-0.05, 0) is 62.3 Å². The summed E-state index contributed by atoms with van der Waals surface area (Å²) >= 11 is 0. The summed E-state index contributed by atoms with van der Waals surface area (Å²) in [5, 5.41) is 9.15. The van der Waals surface area contributed by atoms with Crippen LogP contribution < -0.4 is 10.6 Å². The highest BCUT2D eigenvalue weighted by Crippen LogP contribution is 2.37. The van der Waals surface area contributed by atoms with Crippen molar-refractivity contribution < 1.29 is 36.3 Å². The van der Waals surface area contributed by atoms with Crippen LogP contribution in [-0.2, 0) is 11.3 Å². The number of ether oxygens (including phenoxy) is 1. The van der Waals surface area contributed by atoms with Gasteiger partial charge in [0.25, 0.3) is 5.91 Å². The third kappa shape index (κ3) is 6.02. The smallest absolute Gasteiger partial charge is 0.410 e. The molecule has 41 heavy (non-hydrogen) atoms. The molecular formula is C27H32F4N6O4. The molecule has 14 heteroatoms. The van der Waals surface area contributed by atoms with Gasteiger partial charge in [-0.1, -0.05) is 6.07 Å². The maximum Gasteiger partial charge on any atom is 0.410 e. The lowest BCUT2D eigenvalue weighted by atomic mass is 9.83. The quantitative estimate of drug-likeness (QED) is 0.355. The number of amides is 3. The molecule has 3 heterocycles. The van der Waals surface area contributed by atoms with Crippen LogP contribution in [0, 0.1) is 5.92 Å². The Morgan fingerprint density at radius 3 is 2.66 bits per heavy atom. The number of alkyl halides is 4. The van der Waals surface area contributed by atoms with Crippen molar-refractivity contribution in [3.05, 3.63) is 47.6 Å². The number of halogens is 4. The van der Waals surface area contributed by atoms with E-state index in [9.17, 15) is 27.2 Å². The van der Waals surface area contributed by atoms with Gasteiger partial charge in [-0.25, -0.2) is 14.2 Å². The minimum Gasteiger partial charge on any atom is -0.438 e. The fraction of sp³-hybridized carbons (Fsp3) is 0.556. The number of urea groups is 1. The first-order valence-electron chi connectivity index (χ1n) is 13.6. The molecule has 2 aromatic heterocycles. The zero-order valence-electron chi connectivity index (χ0n) is 22.7. The summed E-state index contributed by atoms with van der Waals surface area (Å²) in [6, 6.07) is 2.26. The molecule has 2 aliphatic rings. The topological polar surface area (TPSA) is 115 Å². The number of nitrogens with one attached hydrogen (secondary N) is 2. The number of hydrogen-bond donors (Lipinski definition) is 2. The fourth-order valence-corrected chi connectivity index (χ4v) is 5.62. The lowest BCUT2D eigenvalue weighted by molar-refractivity contribution is -0.150. The van der Waals surface area contributed by atoms with Crippen molar-refractivity contribution in [3.63, 3.8) is 0 Å². The van der Waals surface area contributed by atoms with Crippen LogP contribution in [0.2, 0.25) is 0 Å². The summed E-state index contributed by atoms with van der Waals surface area (Å²) in [5.41, 5.74) is 1.69. The Labute approximate surface area is 233 Å². The molecule has 3 atom stereocenters. The van der Waals surface area contributed by atoms with Crippen molar-refractivity contribution in [3.8, 4) is 0 Å². The molecule has 3 aromatic rings. The van der Waals surface area contributed by atoms with Crippen molar-refractivity contribution in [2.24, 2.45) is 5.92 Å². The van der Waals surface area contributed by atoms with Gasteiger partial charge in [0.1, 0.15) is 29.5 Å². The third-order valence-corrected chi connectivity index (χ3v) is 7.82. The largest absolute Gasteiger partial charge is 0.438 e. The number of aryl methyl sites for hydroxylation is 1. The number of aromatic nitrogens is 3. The molecule has 2 N–H and O–H groups in total. The number of hydrogen-bond acceptors (Lipinski definition) is 6. The third-order valence-electron chi connectivity index (χ3n) is 7.82. The predicted molar refractivity (Wildman–Crippen MR) is 139 cm³/mol. The molecule has 2 fully saturated rings. The molecule has 0 unspecified atom stereocenters. The number of fused-ring (bicyclic) bond motifs is 1. The number of carbonyl (C=O) groups is 2. The van der Waals surface area contributed by atoms with Gasteiger partial charge in [0, 0.05) is 19.9 Å². The van der Waals surface area contributed by atoms with Crippen molar-refractivity contribution in [1.29, 1.82) is 0 Å². The highest BCUT2D eigenvalue weighted by atomic mass is 19.4. The number of carbonyl (C=O) groups excluding carboxylic acids is 2. The Morgan fingerprint density at radius 2 is 2.00 bits per heavy atom. The summed E-state index contributed by atoms with van der Waals surface area (Å²) in [6.45, 7) is 1.77. The molecule has 1 saturated heterocycles. The van der Waals surface area contributed by atoms with E-state index in [-0.39, 0.29) is 24.3 Å². The molecule has 222 valence electrons. The van der Waals surface area contributed by atoms with Gasteiger partial charge in [-0.2, -0.15) is 18.3 Å². The lowest BCUT2D eigenvalue weighted by Crippen LogP contribution is -2.40. The monoisotopic (exact) mass is 580 g/mol. The summed E-state index contributed by atoms with van der Waals surface area (Å²) in [4.78, 5) is 31.4. The first kappa shape index (κ1) is 28.8. The van der Waals surface area contributed by atoms with Crippen LogP contribution in [-0.4, -0.2) is 70.3 Å². The maximum atomic E-state index is 14.0. The zero-order valence-corrected chi connectivity index (χ0v) is 22.7. The maximum absolute atomic E-state index is 14.0. The van der Waals surface area contributed by atoms with Crippen LogP contribution in [0.15, 0.2) is 34.9 Å². The van der Waals surface area contributed by atoms with E-state index in [4.69, 9.17) is 9.15 Å². The highest BCUT2D eigenvalue weighted by molar-refractivity contribution is 5.92.